The van der Waals surface area contributed by atoms with E-state index in [-0.39, 0.29) is 52.2 Å². The summed E-state index contributed by atoms with van der Waals surface area (Å²) < 4.78 is 70.7. The molecule has 4 aromatic carbocycles. The van der Waals surface area contributed by atoms with Crippen molar-refractivity contribution in [1.82, 2.24) is 19.0 Å². The summed E-state index contributed by atoms with van der Waals surface area (Å²) in [5.74, 6) is -1.61. The van der Waals surface area contributed by atoms with E-state index in [4.69, 9.17) is 16.0 Å². The van der Waals surface area contributed by atoms with E-state index in [2.05, 4.69) is 15.2 Å². The summed E-state index contributed by atoms with van der Waals surface area (Å²) in [5, 5.41) is 8.51. The van der Waals surface area contributed by atoms with Crippen LogP contribution in [-0.2, 0) is 23.2 Å². The van der Waals surface area contributed by atoms with Gasteiger partial charge in [0.05, 0.1) is 29.7 Å². The van der Waals surface area contributed by atoms with Crippen molar-refractivity contribution in [3.8, 4) is 17.4 Å². The van der Waals surface area contributed by atoms with Gasteiger partial charge in [0.25, 0.3) is 15.9 Å². The first-order valence-corrected chi connectivity index (χ1v) is 14.3. The van der Waals surface area contributed by atoms with Crippen LogP contribution in [0, 0.1) is 18.2 Å². The molecule has 0 saturated carbocycles. The summed E-state index contributed by atoms with van der Waals surface area (Å²) in [5.41, 5.74) is 0.950. The highest BCUT2D eigenvalue weighted by Crippen LogP contribution is 2.38. The van der Waals surface area contributed by atoms with Gasteiger partial charge in [0.2, 0.25) is 5.69 Å². The van der Waals surface area contributed by atoms with Crippen LogP contribution in [0.1, 0.15) is 11.1 Å². The van der Waals surface area contributed by atoms with Gasteiger partial charge in [0.1, 0.15) is 18.2 Å². The van der Waals surface area contributed by atoms with Crippen LogP contribution in [0.2, 0.25) is 0 Å². The van der Waals surface area contributed by atoms with Crippen molar-refractivity contribution in [1.29, 1.82) is 0 Å². The smallest absolute Gasteiger partial charge is 0.268 e. The highest BCUT2D eigenvalue weighted by Gasteiger charge is 2.24. The molecular formula is C31H21F2N5O4S. The van der Waals surface area contributed by atoms with Crippen LogP contribution in [-0.4, -0.2) is 27.4 Å². The van der Waals surface area contributed by atoms with E-state index in [1.165, 1.54) is 41.3 Å². The number of benzene rings is 4. The Balaban J connectivity index is 1.42. The summed E-state index contributed by atoms with van der Waals surface area (Å²) in [6, 6.07) is 23.3. The second-order valence-corrected chi connectivity index (χ2v) is 11.2. The normalized spacial score (nSPS) is 11.4. The average Bonchev–Trinajstić information content (AvgIpc) is 3.67. The SMILES string of the molecule is [C-]#[N+]c1cc(Oc2c(F)cc3c(ccn3S(=O)(=O)c3ccccc3)c2Cn2cc(OCc3ccccc3)nn2)ccc1F. The maximum atomic E-state index is 15.9. The Hall–Kier alpha value is -5.54. The van der Waals surface area contributed by atoms with Crippen molar-refractivity contribution in [2.75, 3.05) is 0 Å². The first-order valence-electron chi connectivity index (χ1n) is 12.9. The molecule has 0 amide bonds. The first-order chi connectivity index (χ1) is 20.8. The molecular weight excluding hydrogens is 576 g/mol. The minimum atomic E-state index is -4.06. The summed E-state index contributed by atoms with van der Waals surface area (Å²) in [6.07, 6.45) is 2.86. The van der Waals surface area contributed by atoms with Gasteiger partial charge in [-0.2, -0.15) is 0 Å². The van der Waals surface area contributed by atoms with Crippen molar-refractivity contribution in [3.05, 3.63) is 138 Å². The van der Waals surface area contributed by atoms with E-state index >= 15 is 4.39 Å². The Labute approximate surface area is 245 Å². The number of rotatable bonds is 9. The van der Waals surface area contributed by atoms with Gasteiger partial charge in [0.15, 0.2) is 11.6 Å². The number of hydrogen-bond acceptors (Lipinski definition) is 6. The fourth-order valence-corrected chi connectivity index (χ4v) is 5.89. The lowest BCUT2D eigenvalue weighted by Crippen LogP contribution is -2.12. The van der Waals surface area contributed by atoms with E-state index in [0.717, 1.165) is 27.7 Å². The molecule has 0 aliphatic carbocycles. The molecule has 214 valence electrons. The van der Waals surface area contributed by atoms with E-state index in [9.17, 15) is 12.8 Å². The van der Waals surface area contributed by atoms with Gasteiger partial charge in [-0.1, -0.05) is 58.8 Å². The molecule has 2 aromatic heterocycles. The van der Waals surface area contributed by atoms with Crippen LogP contribution in [0.15, 0.2) is 108 Å². The zero-order valence-corrected chi connectivity index (χ0v) is 23.1. The Morgan fingerprint density at radius 1 is 0.907 bits per heavy atom. The molecule has 0 atom stereocenters. The minimum Gasteiger partial charge on any atom is -0.471 e. The Morgan fingerprint density at radius 3 is 2.40 bits per heavy atom. The van der Waals surface area contributed by atoms with E-state index < -0.39 is 21.7 Å². The molecule has 43 heavy (non-hydrogen) atoms. The predicted molar refractivity (Wildman–Crippen MR) is 154 cm³/mol. The van der Waals surface area contributed by atoms with Crippen molar-refractivity contribution in [2.45, 2.75) is 18.0 Å². The summed E-state index contributed by atoms with van der Waals surface area (Å²) >= 11 is 0. The average molecular weight is 598 g/mol. The molecule has 2 heterocycles. The Morgan fingerprint density at radius 2 is 1.65 bits per heavy atom. The van der Waals surface area contributed by atoms with Crippen LogP contribution in [0.4, 0.5) is 14.5 Å². The molecule has 0 fully saturated rings. The summed E-state index contributed by atoms with van der Waals surface area (Å²) in [6.45, 7) is 7.36. The zero-order valence-electron chi connectivity index (χ0n) is 22.3. The van der Waals surface area contributed by atoms with Crippen LogP contribution in [0.3, 0.4) is 0 Å². The van der Waals surface area contributed by atoms with E-state index in [0.29, 0.717) is 5.39 Å². The maximum absolute atomic E-state index is 15.9. The van der Waals surface area contributed by atoms with Gasteiger partial charge in [-0.25, -0.2) is 30.7 Å². The third-order valence-corrected chi connectivity index (χ3v) is 8.30. The van der Waals surface area contributed by atoms with Crippen molar-refractivity contribution in [2.24, 2.45) is 0 Å². The molecule has 0 saturated heterocycles. The fourth-order valence-electron chi connectivity index (χ4n) is 4.54. The van der Waals surface area contributed by atoms with Crippen LogP contribution in [0.5, 0.6) is 17.4 Å². The molecule has 0 spiro atoms. The zero-order chi connectivity index (χ0) is 30.0. The third kappa shape index (κ3) is 5.53. The molecule has 6 aromatic rings. The van der Waals surface area contributed by atoms with Gasteiger partial charge < -0.3 is 9.47 Å². The van der Waals surface area contributed by atoms with E-state index in [1.54, 1.807) is 18.2 Å². The lowest BCUT2D eigenvalue weighted by Gasteiger charge is -2.15. The number of hydrogen-bond donors (Lipinski definition) is 0. The molecule has 0 N–H and O–H groups in total. The Kier molecular flexibility index (Phi) is 7.31. The second-order valence-electron chi connectivity index (χ2n) is 9.38. The maximum Gasteiger partial charge on any atom is 0.268 e. The summed E-state index contributed by atoms with van der Waals surface area (Å²) in [7, 11) is -4.06. The molecule has 12 heteroatoms. The fraction of sp³-hybridized carbons (Fsp3) is 0.0645. The van der Waals surface area contributed by atoms with E-state index in [1.807, 2.05) is 30.3 Å². The van der Waals surface area contributed by atoms with Gasteiger partial charge in [-0.05, 0) is 42.0 Å². The molecule has 0 aliphatic heterocycles. The van der Waals surface area contributed by atoms with Crippen molar-refractivity contribution in [3.63, 3.8) is 0 Å². The highest BCUT2D eigenvalue weighted by molar-refractivity contribution is 7.90. The second kappa shape index (κ2) is 11.4. The van der Waals surface area contributed by atoms with Gasteiger partial charge in [-0.3, -0.25) is 0 Å². The number of fused-ring (bicyclic) bond motifs is 1. The monoisotopic (exact) mass is 597 g/mol. The molecule has 0 unspecified atom stereocenters. The number of halogens is 2. The van der Waals surface area contributed by atoms with Crippen LogP contribution in [0.25, 0.3) is 15.7 Å². The highest BCUT2D eigenvalue weighted by atomic mass is 32.2. The molecule has 0 bridgehead atoms. The third-order valence-electron chi connectivity index (χ3n) is 6.59. The molecule has 0 aliphatic rings. The van der Waals surface area contributed by atoms with Crippen molar-refractivity contribution < 1.29 is 26.7 Å². The molecule has 9 nitrogen and oxygen atoms in total. The number of nitrogens with zero attached hydrogens (tertiary/aromatic N) is 5. The topological polar surface area (TPSA) is 92.6 Å². The first kappa shape index (κ1) is 27.6. The van der Waals surface area contributed by atoms with Gasteiger partial charge in [0, 0.05) is 23.2 Å². The molecule has 6 rings (SSSR count). The lowest BCUT2D eigenvalue weighted by molar-refractivity contribution is 0.293. The number of aromatic nitrogens is 4. The van der Waals surface area contributed by atoms with Crippen molar-refractivity contribution >= 4 is 26.6 Å². The minimum absolute atomic E-state index is 0.0220. The lowest BCUT2D eigenvalue weighted by atomic mass is 10.1. The largest absolute Gasteiger partial charge is 0.471 e. The predicted octanol–water partition coefficient (Wildman–Crippen LogP) is 6.72. The Bertz CT molecular complexity index is 2090. The van der Waals surface area contributed by atoms with Gasteiger partial charge >= 0.3 is 0 Å². The summed E-state index contributed by atoms with van der Waals surface area (Å²) in [4.78, 5) is 3.16. The molecule has 0 radical (unpaired) electrons. The van der Waals surface area contributed by atoms with Crippen LogP contribution >= 0.6 is 0 Å². The standard InChI is InChI=1S/C31H21F2N5O4S/c1-34-28-16-22(12-13-26(28)32)42-31-25(18-37-19-30(35-36-37)41-20-21-8-4-2-5-9-21)24-14-15-38(29(24)17-27(31)33)43(39,40)23-10-6-3-7-11-23/h2-17,19H,18,20H2. The quantitative estimate of drug-likeness (QED) is 0.172. The van der Waals surface area contributed by atoms with Crippen LogP contribution < -0.4 is 9.47 Å². The van der Waals surface area contributed by atoms with Gasteiger partial charge in [-0.15, -0.1) is 0 Å². The number of ether oxygens (including phenoxy) is 2.